The van der Waals surface area contributed by atoms with Gasteiger partial charge < -0.3 is 23.5 Å². The minimum Gasteiger partial charge on any atom is -0.469 e. The van der Waals surface area contributed by atoms with Crippen LogP contribution in [0.15, 0.2) is 27.9 Å². The van der Waals surface area contributed by atoms with Gasteiger partial charge in [0.2, 0.25) is 0 Å². The van der Waals surface area contributed by atoms with Crippen LogP contribution in [0.5, 0.6) is 6.01 Å². The van der Waals surface area contributed by atoms with Crippen molar-refractivity contribution in [2.45, 2.75) is 19.3 Å². The van der Waals surface area contributed by atoms with Gasteiger partial charge in [-0.05, 0) is 18.9 Å². The third kappa shape index (κ3) is 5.20. The number of fused-ring (bicyclic) bond motifs is 1. The highest BCUT2D eigenvalue weighted by molar-refractivity contribution is 6.02. The molecule has 1 N–H and O–H groups in total. The minimum absolute atomic E-state index is 0.359. The molecular weight excluding hydrogens is 412 g/mol. The van der Waals surface area contributed by atoms with Gasteiger partial charge in [-0.1, -0.05) is 0 Å². The molecule has 4 heterocycles. The zero-order valence-electron chi connectivity index (χ0n) is 18.3. The van der Waals surface area contributed by atoms with Gasteiger partial charge in [-0.15, -0.1) is 0 Å². The van der Waals surface area contributed by atoms with Gasteiger partial charge in [0, 0.05) is 50.8 Å². The highest BCUT2D eigenvalue weighted by atomic mass is 16.5. The van der Waals surface area contributed by atoms with Crippen LogP contribution < -0.4 is 15.1 Å². The van der Waals surface area contributed by atoms with E-state index in [1.54, 1.807) is 6.26 Å². The number of anilines is 2. The van der Waals surface area contributed by atoms with Crippen molar-refractivity contribution in [2.75, 3.05) is 76.1 Å². The van der Waals surface area contributed by atoms with Crippen LogP contribution in [0, 0.1) is 0 Å². The standard InChI is InChI=1S/C22H30N6O4/c1-2-18(17-4-10-31-19(17)3-1)25-26-20-16-21(28-8-13-30-14-9-28)24-22(23-20)32-15-7-27-5-11-29-12-6-27/h4,10,16H,1-3,5-9,11-15H2,(H,23,24,26)/b25-18+. The van der Waals surface area contributed by atoms with E-state index in [2.05, 4.69) is 30.3 Å². The lowest BCUT2D eigenvalue weighted by Crippen LogP contribution is -2.39. The van der Waals surface area contributed by atoms with Gasteiger partial charge in [0.1, 0.15) is 18.2 Å². The molecule has 0 spiro atoms. The second-order valence-electron chi connectivity index (χ2n) is 8.08. The number of hydrogen-bond acceptors (Lipinski definition) is 10. The first-order valence-electron chi connectivity index (χ1n) is 11.4. The third-order valence-electron chi connectivity index (χ3n) is 5.95. The van der Waals surface area contributed by atoms with Crippen molar-refractivity contribution in [3.63, 3.8) is 0 Å². The van der Waals surface area contributed by atoms with Crippen LogP contribution in [0.2, 0.25) is 0 Å². The number of furan rings is 1. The Morgan fingerprint density at radius 2 is 1.84 bits per heavy atom. The summed E-state index contributed by atoms with van der Waals surface area (Å²) in [5.41, 5.74) is 5.20. The monoisotopic (exact) mass is 442 g/mol. The molecule has 0 aromatic carbocycles. The van der Waals surface area contributed by atoms with Gasteiger partial charge >= 0.3 is 6.01 Å². The summed E-state index contributed by atoms with van der Waals surface area (Å²) in [7, 11) is 0. The summed E-state index contributed by atoms with van der Waals surface area (Å²) in [5, 5.41) is 4.64. The maximum atomic E-state index is 5.95. The van der Waals surface area contributed by atoms with Crippen molar-refractivity contribution in [3.8, 4) is 6.01 Å². The molecule has 2 aromatic heterocycles. The number of ether oxygens (including phenoxy) is 3. The zero-order valence-corrected chi connectivity index (χ0v) is 18.3. The highest BCUT2D eigenvalue weighted by Gasteiger charge is 2.19. The number of hydrazone groups is 1. The fourth-order valence-electron chi connectivity index (χ4n) is 4.16. The van der Waals surface area contributed by atoms with Gasteiger partial charge in [0.05, 0.1) is 38.4 Å². The molecule has 1 aliphatic carbocycles. The van der Waals surface area contributed by atoms with E-state index in [1.807, 2.05) is 12.1 Å². The molecular formula is C22H30N6O4. The summed E-state index contributed by atoms with van der Waals surface area (Å²) in [6.07, 6.45) is 4.62. The molecule has 2 aliphatic heterocycles. The number of morpholine rings is 2. The van der Waals surface area contributed by atoms with Crippen LogP contribution >= 0.6 is 0 Å². The molecule has 10 nitrogen and oxygen atoms in total. The van der Waals surface area contributed by atoms with Gasteiger partial charge in [0.15, 0.2) is 5.82 Å². The highest BCUT2D eigenvalue weighted by Crippen LogP contribution is 2.24. The lowest BCUT2D eigenvalue weighted by Gasteiger charge is -2.28. The van der Waals surface area contributed by atoms with Crippen LogP contribution in [0.4, 0.5) is 11.6 Å². The van der Waals surface area contributed by atoms with Crippen molar-refractivity contribution < 1.29 is 18.6 Å². The fraction of sp³-hybridized carbons (Fsp3) is 0.591. The van der Waals surface area contributed by atoms with Crippen LogP contribution in [-0.2, 0) is 15.9 Å². The Hall–Kier alpha value is -2.69. The van der Waals surface area contributed by atoms with E-state index in [0.29, 0.717) is 31.6 Å². The van der Waals surface area contributed by atoms with Crippen molar-refractivity contribution in [3.05, 3.63) is 29.7 Å². The van der Waals surface area contributed by atoms with Crippen molar-refractivity contribution >= 4 is 17.3 Å². The molecule has 5 rings (SSSR count). The summed E-state index contributed by atoms with van der Waals surface area (Å²) >= 11 is 0. The molecule has 0 saturated carbocycles. The number of rotatable bonds is 7. The molecule has 0 atom stereocenters. The normalized spacial score (nSPS) is 20.9. The Bertz CT molecular complexity index is 921. The maximum Gasteiger partial charge on any atom is 0.320 e. The summed E-state index contributed by atoms with van der Waals surface area (Å²) in [6, 6.07) is 4.26. The molecule has 2 saturated heterocycles. The first-order chi connectivity index (χ1) is 15.8. The molecule has 0 amide bonds. The predicted molar refractivity (Wildman–Crippen MR) is 120 cm³/mol. The van der Waals surface area contributed by atoms with E-state index in [1.165, 1.54) is 0 Å². The first kappa shape index (κ1) is 21.2. The number of nitrogens with zero attached hydrogens (tertiary/aromatic N) is 5. The number of aromatic nitrogens is 2. The molecule has 172 valence electrons. The quantitative estimate of drug-likeness (QED) is 0.643. The summed E-state index contributed by atoms with van der Waals surface area (Å²) in [6.45, 7) is 7.70. The lowest BCUT2D eigenvalue weighted by molar-refractivity contribution is 0.0317. The fourth-order valence-corrected chi connectivity index (χ4v) is 4.16. The number of hydrogen-bond donors (Lipinski definition) is 1. The summed E-state index contributed by atoms with van der Waals surface area (Å²) in [4.78, 5) is 13.7. The Labute approximate surface area is 187 Å². The molecule has 0 radical (unpaired) electrons. The van der Waals surface area contributed by atoms with Crippen molar-refractivity contribution in [2.24, 2.45) is 5.10 Å². The van der Waals surface area contributed by atoms with E-state index < -0.39 is 0 Å². The smallest absolute Gasteiger partial charge is 0.320 e. The van der Waals surface area contributed by atoms with Gasteiger partial charge in [-0.2, -0.15) is 15.1 Å². The van der Waals surface area contributed by atoms with Crippen LogP contribution in [0.3, 0.4) is 0 Å². The molecule has 2 fully saturated rings. The number of aryl methyl sites for hydroxylation is 1. The van der Waals surface area contributed by atoms with Crippen LogP contribution in [-0.4, -0.2) is 86.3 Å². The molecule has 0 bridgehead atoms. The first-order valence-corrected chi connectivity index (χ1v) is 11.4. The maximum absolute atomic E-state index is 5.95. The molecule has 0 unspecified atom stereocenters. The molecule has 32 heavy (non-hydrogen) atoms. The lowest BCUT2D eigenvalue weighted by atomic mass is 9.97. The summed E-state index contributed by atoms with van der Waals surface area (Å²) < 4.78 is 22.4. The SMILES string of the molecule is c1cc2c(o1)CCC/C2=N\Nc1cc(N2CCOCC2)nc(OCCN2CCOCC2)n1. The Morgan fingerprint density at radius 3 is 2.69 bits per heavy atom. The zero-order chi connectivity index (χ0) is 21.6. The van der Waals surface area contributed by atoms with Gasteiger partial charge in [0.25, 0.3) is 0 Å². The van der Waals surface area contributed by atoms with Gasteiger partial charge in [-0.25, -0.2) is 0 Å². The average Bonchev–Trinajstić information content (AvgIpc) is 3.34. The molecule has 3 aliphatic rings. The van der Waals surface area contributed by atoms with E-state index >= 15 is 0 Å². The average molecular weight is 443 g/mol. The molecule has 10 heteroatoms. The Kier molecular flexibility index (Phi) is 6.80. The predicted octanol–water partition coefficient (Wildman–Crippen LogP) is 1.77. The largest absolute Gasteiger partial charge is 0.469 e. The third-order valence-corrected chi connectivity index (χ3v) is 5.95. The van der Waals surface area contributed by atoms with E-state index in [9.17, 15) is 0 Å². The summed E-state index contributed by atoms with van der Waals surface area (Å²) in [5.74, 6) is 2.44. The Morgan fingerprint density at radius 1 is 1.03 bits per heavy atom. The van der Waals surface area contributed by atoms with Crippen LogP contribution in [0.25, 0.3) is 0 Å². The number of nitrogens with one attached hydrogen (secondary N) is 1. The Balaban J connectivity index is 1.30. The minimum atomic E-state index is 0.359. The van der Waals surface area contributed by atoms with Crippen molar-refractivity contribution in [1.82, 2.24) is 14.9 Å². The van der Waals surface area contributed by atoms with Gasteiger partial charge in [-0.3, -0.25) is 10.3 Å². The van der Waals surface area contributed by atoms with E-state index in [0.717, 1.165) is 88.1 Å². The van der Waals surface area contributed by atoms with Crippen LogP contribution in [0.1, 0.15) is 24.2 Å². The van der Waals surface area contributed by atoms with E-state index in [4.69, 9.17) is 18.6 Å². The van der Waals surface area contributed by atoms with Crippen molar-refractivity contribution in [1.29, 1.82) is 0 Å². The topological polar surface area (TPSA) is 97.5 Å². The van der Waals surface area contributed by atoms with E-state index in [-0.39, 0.29) is 0 Å². The second kappa shape index (κ2) is 10.3. The molecule has 2 aromatic rings. The second-order valence-corrected chi connectivity index (χ2v) is 8.08.